The molecule has 4 N–H and O–H groups in total. The number of aromatic amines is 1. The number of hydrogen-bond donors (Lipinski definition) is 3. The first kappa shape index (κ1) is 12.2. The number of para-hydroxylation sites is 1. The summed E-state index contributed by atoms with van der Waals surface area (Å²) in [5.74, 6) is 1.22. The van der Waals surface area contributed by atoms with Crippen LogP contribution >= 0.6 is 0 Å². The lowest BCUT2D eigenvalue weighted by Gasteiger charge is -2.10. The van der Waals surface area contributed by atoms with Crippen molar-refractivity contribution in [3.8, 4) is 0 Å². The molecule has 1 heterocycles. The quantitative estimate of drug-likeness (QED) is 0.569. The summed E-state index contributed by atoms with van der Waals surface area (Å²) in [6.07, 6.45) is 4.34. The third-order valence-electron chi connectivity index (χ3n) is 2.56. The van der Waals surface area contributed by atoms with Crippen LogP contribution < -0.4 is 11.1 Å². The number of aliphatic imine (C=N–C) groups is 1. The number of hydrogen-bond acceptors (Lipinski definition) is 2. The van der Waals surface area contributed by atoms with Gasteiger partial charge in [-0.3, -0.25) is 0 Å². The Morgan fingerprint density at radius 2 is 2.22 bits per heavy atom. The van der Waals surface area contributed by atoms with Gasteiger partial charge in [0.2, 0.25) is 0 Å². The highest BCUT2D eigenvalue weighted by Gasteiger charge is 2.10. The topological polar surface area (TPSA) is 79.1 Å². The highest BCUT2D eigenvalue weighted by molar-refractivity contribution is 5.92. The fourth-order valence-corrected chi connectivity index (χ4v) is 1.68. The van der Waals surface area contributed by atoms with E-state index < -0.39 is 0 Å². The lowest BCUT2D eigenvalue weighted by molar-refractivity contribution is 0.660. The van der Waals surface area contributed by atoms with Crippen LogP contribution in [0, 0.1) is 0 Å². The van der Waals surface area contributed by atoms with Crippen molar-refractivity contribution >= 4 is 11.6 Å². The van der Waals surface area contributed by atoms with E-state index in [0.717, 1.165) is 17.9 Å². The van der Waals surface area contributed by atoms with E-state index in [9.17, 15) is 0 Å². The van der Waals surface area contributed by atoms with Crippen LogP contribution in [0.5, 0.6) is 0 Å². The zero-order chi connectivity index (χ0) is 12.8. The van der Waals surface area contributed by atoms with Crippen molar-refractivity contribution in [3.63, 3.8) is 0 Å². The average molecular weight is 243 g/mol. The molecule has 5 nitrogen and oxygen atoms in total. The van der Waals surface area contributed by atoms with Crippen LogP contribution in [0.4, 0.5) is 5.69 Å². The Kier molecular flexibility index (Phi) is 3.96. The predicted octanol–water partition coefficient (Wildman–Crippen LogP) is 2.29. The van der Waals surface area contributed by atoms with Gasteiger partial charge in [0.1, 0.15) is 11.9 Å². The number of imidazole rings is 1. The Hall–Kier alpha value is -2.30. The van der Waals surface area contributed by atoms with Crippen LogP contribution in [0.3, 0.4) is 0 Å². The first-order valence-corrected chi connectivity index (χ1v) is 5.94. The highest BCUT2D eigenvalue weighted by Crippen LogP contribution is 2.16. The van der Waals surface area contributed by atoms with Crippen molar-refractivity contribution in [2.45, 2.75) is 19.4 Å². The second kappa shape index (κ2) is 5.86. The van der Waals surface area contributed by atoms with Crippen LogP contribution in [0.1, 0.15) is 25.2 Å². The lowest BCUT2D eigenvalue weighted by Crippen LogP contribution is -2.23. The van der Waals surface area contributed by atoms with E-state index in [4.69, 9.17) is 5.73 Å². The van der Waals surface area contributed by atoms with Gasteiger partial charge in [-0.1, -0.05) is 25.1 Å². The van der Waals surface area contributed by atoms with Crippen LogP contribution in [0.2, 0.25) is 0 Å². The number of guanidine groups is 1. The summed E-state index contributed by atoms with van der Waals surface area (Å²) in [6.45, 7) is 2.05. The lowest BCUT2D eigenvalue weighted by atomic mass is 10.2. The first-order valence-electron chi connectivity index (χ1n) is 5.94. The highest BCUT2D eigenvalue weighted by atomic mass is 15.1. The summed E-state index contributed by atoms with van der Waals surface area (Å²) < 4.78 is 0. The summed E-state index contributed by atoms with van der Waals surface area (Å²) in [4.78, 5) is 11.7. The third-order valence-corrected chi connectivity index (χ3v) is 2.56. The fourth-order valence-electron chi connectivity index (χ4n) is 1.68. The Morgan fingerprint density at radius 3 is 2.83 bits per heavy atom. The van der Waals surface area contributed by atoms with E-state index >= 15 is 0 Å². The second-order valence-corrected chi connectivity index (χ2v) is 3.90. The molecule has 0 amide bonds. The molecule has 0 spiro atoms. The average Bonchev–Trinajstić information content (AvgIpc) is 2.91. The molecule has 0 aliphatic heterocycles. The molecular formula is C13H17N5. The van der Waals surface area contributed by atoms with Gasteiger partial charge in [-0.05, 0) is 18.6 Å². The molecule has 18 heavy (non-hydrogen) atoms. The summed E-state index contributed by atoms with van der Waals surface area (Å²) in [6, 6.07) is 9.68. The molecule has 0 aliphatic carbocycles. The standard InChI is InChI=1S/C13H17N5/c1-2-11(12-15-8-9-16-12)18-13(14)17-10-6-4-3-5-7-10/h3-9,11H,2H2,1H3,(H,15,16)(H3,14,17,18). The maximum Gasteiger partial charge on any atom is 0.193 e. The van der Waals surface area contributed by atoms with Gasteiger partial charge >= 0.3 is 0 Å². The second-order valence-electron chi connectivity index (χ2n) is 3.90. The zero-order valence-electron chi connectivity index (χ0n) is 10.3. The molecule has 0 bridgehead atoms. The van der Waals surface area contributed by atoms with E-state index in [-0.39, 0.29) is 6.04 Å². The van der Waals surface area contributed by atoms with Gasteiger partial charge in [-0.15, -0.1) is 0 Å². The Labute approximate surface area is 106 Å². The number of nitrogens with zero attached hydrogens (tertiary/aromatic N) is 2. The number of rotatable bonds is 4. The molecule has 2 rings (SSSR count). The fraction of sp³-hybridized carbons (Fsp3) is 0.231. The molecular weight excluding hydrogens is 226 g/mol. The molecule has 1 aromatic heterocycles. The smallest absolute Gasteiger partial charge is 0.193 e. The largest absolute Gasteiger partial charge is 0.370 e. The first-order chi connectivity index (χ1) is 8.79. The van der Waals surface area contributed by atoms with Crippen molar-refractivity contribution in [1.29, 1.82) is 0 Å². The maximum atomic E-state index is 5.89. The molecule has 0 radical (unpaired) electrons. The van der Waals surface area contributed by atoms with Crippen molar-refractivity contribution in [1.82, 2.24) is 9.97 Å². The molecule has 1 unspecified atom stereocenters. The Balaban J connectivity index is 2.07. The summed E-state index contributed by atoms with van der Waals surface area (Å²) >= 11 is 0. The van der Waals surface area contributed by atoms with Gasteiger partial charge in [0.05, 0.1) is 0 Å². The molecule has 0 saturated carbocycles. The molecule has 0 saturated heterocycles. The SMILES string of the molecule is CCC(N=C(N)Nc1ccccc1)c1ncc[nH]1. The number of nitrogens with two attached hydrogens (primary N) is 1. The Morgan fingerprint density at radius 1 is 1.44 bits per heavy atom. The summed E-state index contributed by atoms with van der Waals surface area (Å²) in [5, 5.41) is 3.05. The van der Waals surface area contributed by atoms with Crippen LogP contribution in [0.15, 0.2) is 47.7 Å². The maximum absolute atomic E-state index is 5.89. The van der Waals surface area contributed by atoms with Crippen molar-refractivity contribution in [2.75, 3.05) is 5.32 Å². The third kappa shape index (κ3) is 3.10. The van der Waals surface area contributed by atoms with Gasteiger partial charge in [-0.25, -0.2) is 9.98 Å². The van der Waals surface area contributed by atoms with E-state index in [1.54, 1.807) is 12.4 Å². The van der Waals surface area contributed by atoms with E-state index in [2.05, 4.69) is 20.3 Å². The van der Waals surface area contributed by atoms with Crippen molar-refractivity contribution < 1.29 is 0 Å². The minimum absolute atomic E-state index is 0.0452. The van der Waals surface area contributed by atoms with Crippen LogP contribution in [-0.2, 0) is 0 Å². The zero-order valence-corrected chi connectivity index (χ0v) is 10.3. The molecule has 94 valence electrons. The normalized spacial score (nSPS) is 13.3. The van der Waals surface area contributed by atoms with Gasteiger partial charge in [0.15, 0.2) is 5.96 Å². The predicted molar refractivity (Wildman–Crippen MR) is 73.3 cm³/mol. The number of benzene rings is 1. The molecule has 5 heteroatoms. The Bertz CT molecular complexity index is 489. The van der Waals surface area contributed by atoms with Crippen LogP contribution in [0.25, 0.3) is 0 Å². The van der Waals surface area contributed by atoms with Gasteiger partial charge in [0, 0.05) is 18.1 Å². The van der Waals surface area contributed by atoms with Gasteiger partial charge < -0.3 is 16.0 Å². The minimum Gasteiger partial charge on any atom is -0.370 e. The minimum atomic E-state index is -0.0452. The van der Waals surface area contributed by atoms with E-state index in [1.807, 2.05) is 37.3 Å². The van der Waals surface area contributed by atoms with Crippen molar-refractivity contribution in [2.24, 2.45) is 10.7 Å². The number of H-pyrrole nitrogens is 1. The summed E-state index contributed by atoms with van der Waals surface area (Å²) in [5.41, 5.74) is 6.81. The summed E-state index contributed by atoms with van der Waals surface area (Å²) in [7, 11) is 0. The van der Waals surface area contributed by atoms with Crippen molar-refractivity contribution in [3.05, 3.63) is 48.5 Å². The molecule has 1 aromatic carbocycles. The number of aromatic nitrogens is 2. The van der Waals surface area contributed by atoms with E-state index in [0.29, 0.717) is 5.96 Å². The number of anilines is 1. The van der Waals surface area contributed by atoms with Gasteiger partial charge in [-0.2, -0.15) is 0 Å². The van der Waals surface area contributed by atoms with E-state index in [1.165, 1.54) is 0 Å². The molecule has 2 aromatic rings. The number of nitrogens with one attached hydrogen (secondary N) is 2. The molecule has 0 aliphatic rings. The molecule has 0 fully saturated rings. The molecule has 1 atom stereocenters. The van der Waals surface area contributed by atoms with Crippen LogP contribution in [-0.4, -0.2) is 15.9 Å². The van der Waals surface area contributed by atoms with Gasteiger partial charge in [0.25, 0.3) is 0 Å². The monoisotopic (exact) mass is 243 g/mol.